The SMILES string of the molecule is CCOC(=O)c1oc2ccc(Cl)c3c2c1CNCC3. The minimum atomic E-state index is -0.417. The summed E-state index contributed by atoms with van der Waals surface area (Å²) in [5.41, 5.74) is 2.59. The molecule has 1 aliphatic rings. The molecule has 1 aromatic carbocycles. The van der Waals surface area contributed by atoms with Crippen molar-refractivity contribution < 1.29 is 13.9 Å². The summed E-state index contributed by atoms with van der Waals surface area (Å²) in [6, 6.07) is 3.62. The zero-order valence-electron chi connectivity index (χ0n) is 10.6. The lowest BCUT2D eigenvalue weighted by Crippen LogP contribution is -2.16. The van der Waals surface area contributed by atoms with Gasteiger partial charge in [0.25, 0.3) is 0 Å². The summed E-state index contributed by atoms with van der Waals surface area (Å²) >= 11 is 6.25. The van der Waals surface area contributed by atoms with Crippen molar-refractivity contribution in [2.45, 2.75) is 19.9 Å². The Hall–Kier alpha value is -1.52. The minimum Gasteiger partial charge on any atom is -0.460 e. The Labute approximate surface area is 115 Å². The number of carbonyl (C=O) groups excluding carboxylic acids is 1. The molecule has 0 amide bonds. The van der Waals surface area contributed by atoms with E-state index in [4.69, 9.17) is 20.8 Å². The number of nitrogens with one attached hydrogen (secondary N) is 1. The number of halogens is 1. The predicted molar refractivity (Wildman–Crippen MR) is 72.6 cm³/mol. The maximum absolute atomic E-state index is 11.9. The highest BCUT2D eigenvalue weighted by atomic mass is 35.5. The molecule has 2 heterocycles. The molecular formula is C14H14ClNO3. The first kappa shape index (κ1) is 12.5. The lowest BCUT2D eigenvalue weighted by atomic mass is 10.0. The molecule has 2 aromatic rings. The van der Waals surface area contributed by atoms with Crippen LogP contribution in [0.4, 0.5) is 0 Å². The highest BCUT2D eigenvalue weighted by Crippen LogP contribution is 2.35. The lowest BCUT2D eigenvalue weighted by molar-refractivity contribution is 0.0490. The number of ether oxygens (including phenoxy) is 1. The third-order valence-electron chi connectivity index (χ3n) is 3.32. The molecule has 1 aromatic heterocycles. The molecule has 100 valence electrons. The van der Waals surface area contributed by atoms with Crippen LogP contribution in [0.5, 0.6) is 0 Å². The molecule has 4 nitrogen and oxygen atoms in total. The average molecular weight is 280 g/mol. The van der Waals surface area contributed by atoms with Crippen LogP contribution < -0.4 is 5.32 Å². The van der Waals surface area contributed by atoms with Crippen LogP contribution in [0.2, 0.25) is 5.02 Å². The van der Waals surface area contributed by atoms with E-state index in [1.54, 1.807) is 13.0 Å². The molecule has 0 fully saturated rings. The first-order valence-corrected chi connectivity index (χ1v) is 6.70. The first-order valence-electron chi connectivity index (χ1n) is 6.33. The van der Waals surface area contributed by atoms with Crippen molar-refractivity contribution in [3.05, 3.63) is 34.0 Å². The molecule has 0 aliphatic carbocycles. The van der Waals surface area contributed by atoms with Gasteiger partial charge in [0.2, 0.25) is 5.76 Å². The van der Waals surface area contributed by atoms with Crippen molar-refractivity contribution in [2.75, 3.05) is 13.2 Å². The first-order chi connectivity index (χ1) is 9.22. The molecule has 0 atom stereocenters. The number of carbonyl (C=O) groups is 1. The van der Waals surface area contributed by atoms with Crippen LogP contribution in [-0.4, -0.2) is 19.1 Å². The van der Waals surface area contributed by atoms with Crippen LogP contribution in [-0.2, 0) is 17.7 Å². The molecule has 0 unspecified atom stereocenters. The van der Waals surface area contributed by atoms with Crippen molar-refractivity contribution >= 4 is 28.5 Å². The average Bonchev–Trinajstić information content (AvgIpc) is 2.61. The number of hydrogen-bond acceptors (Lipinski definition) is 4. The summed E-state index contributed by atoms with van der Waals surface area (Å²) in [5.74, 6) is -0.130. The van der Waals surface area contributed by atoms with E-state index in [0.717, 1.165) is 29.5 Å². The molecule has 3 rings (SSSR count). The number of furan rings is 1. The number of hydrogen-bond donors (Lipinski definition) is 1. The van der Waals surface area contributed by atoms with Gasteiger partial charge in [0, 0.05) is 22.5 Å². The maximum Gasteiger partial charge on any atom is 0.374 e. The van der Waals surface area contributed by atoms with E-state index < -0.39 is 5.97 Å². The summed E-state index contributed by atoms with van der Waals surface area (Å²) in [4.78, 5) is 11.9. The van der Waals surface area contributed by atoms with Crippen LogP contribution in [0.1, 0.15) is 28.6 Å². The summed E-state index contributed by atoms with van der Waals surface area (Å²) < 4.78 is 10.7. The van der Waals surface area contributed by atoms with Gasteiger partial charge in [-0.2, -0.15) is 0 Å². The Kier molecular flexibility index (Phi) is 3.21. The number of benzene rings is 1. The van der Waals surface area contributed by atoms with Gasteiger partial charge in [0.05, 0.1) is 6.61 Å². The van der Waals surface area contributed by atoms with E-state index in [-0.39, 0.29) is 5.76 Å². The van der Waals surface area contributed by atoms with Crippen molar-refractivity contribution in [3.63, 3.8) is 0 Å². The summed E-state index contributed by atoms with van der Waals surface area (Å²) in [5, 5.41) is 4.95. The highest BCUT2D eigenvalue weighted by Gasteiger charge is 2.25. The molecular weight excluding hydrogens is 266 g/mol. The van der Waals surface area contributed by atoms with Gasteiger partial charge >= 0.3 is 5.97 Å². The Balaban J connectivity index is 2.25. The van der Waals surface area contributed by atoms with E-state index in [0.29, 0.717) is 23.8 Å². The van der Waals surface area contributed by atoms with Crippen molar-refractivity contribution in [1.82, 2.24) is 5.32 Å². The fraction of sp³-hybridized carbons (Fsp3) is 0.357. The topological polar surface area (TPSA) is 51.5 Å². The molecule has 0 spiro atoms. The Morgan fingerprint density at radius 1 is 1.47 bits per heavy atom. The second-order valence-electron chi connectivity index (χ2n) is 4.46. The fourth-order valence-corrected chi connectivity index (χ4v) is 2.76. The molecule has 0 bridgehead atoms. The van der Waals surface area contributed by atoms with Gasteiger partial charge < -0.3 is 14.5 Å². The second-order valence-corrected chi connectivity index (χ2v) is 4.86. The second kappa shape index (κ2) is 4.87. The normalized spacial score (nSPS) is 14.4. The van der Waals surface area contributed by atoms with Gasteiger partial charge in [-0.25, -0.2) is 4.79 Å². The monoisotopic (exact) mass is 279 g/mol. The Bertz CT molecular complexity index is 648. The van der Waals surface area contributed by atoms with Gasteiger partial charge in [-0.3, -0.25) is 0 Å². The fourth-order valence-electron chi connectivity index (χ4n) is 2.50. The summed E-state index contributed by atoms with van der Waals surface area (Å²) in [6.07, 6.45) is 0.824. The van der Waals surface area contributed by atoms with Crippen LogP contribution in [0, 0.1) is 0 Å². The molecule has 0 saturated carbocycles. The number of rotatable bonds is 2. The third kappa shape index (κ3) is 2.01. The Morgan fingerprint density at radius 2 is 2.32 bits per heavy atom. The third-order valence-corrected chi connectivity index (χ3v) is 3.67. The maximum atomic E-state index is 11.9. The van der Waals surface area contributed by atoms with Gasteiger partial charge in [0.15, 0.2) is 0 Å². The van der Waals surface area contributed by atoms with Crippen molar-refractivity contribution in [3.8, 4) is 0 Å². The van der Waals surface area contributed by atoms with E-state index in [2.05, 4.69) is 5.32 Å². The quantitative estimate of drug-likeness (QED) is 0.859. The van der Waals surface area contributed by atoms with Gasteiger partial charge in [-0.05, 0) is 37.6 Å². The molecule has 5 heteroatoms. The molecule has 1 N–H and O–H groups in total. The van der Waals surface area contributed by atoms with E-state index in [1.807, 2.05) is 6.07 Å². The zero-order valence-corrected chi connectivity index (χ0v) is 11.3. The highest BCUT2D eigenvalue weighted by molar-refractivity contribution is 6.32. The minimum absolute atomic E-state index is 0.287. The van der Waals surface area contributed by atoms with E-state index in [1.165, 1.54) is 0 Å². The Morgan fingerprint density at radius 3 is 3.11 bits per heavy atom. The van der Waals surface area contributed by atoms with Gasteiger partial charge in [-0.1, -0.05) is 11.6 Å². The van der Waals surface area contributed by atoms with Crippen LogP contribution >= 0.6 is 11.6 Å². The van der Waals surface area contributed by atoms with Gasteiger partial charge in [0.1, 0.15) is 5.58 Å². The number of esters is 1. The molecule has 0 saturated heterocycles. The molecule has 1 aliphatic heterocycles. The summed E-state index contributed by atoms with van der Waals surface area (Å²) in [7, 11) is 0. The zero-order chi connectivity index (χ0) is 13.4. The van der Waals surface area contributed by atoms with E-state index >= 15 is 0 Å². The van der Waals surface area contributed by atoms with Crippen molar-refractivity contribution in [1.29, 1.82) is 0 Å². The molecule has 19 heavy (non-hydrogen) atoms. The smallest absolute Gasteiger partial charge is 0.374 e. The predicted octanol–water partition coefficient (Wildman–Crippen LogP) is 2.91. The summed E-state index contributed by atoms with van der Waals surface area (Å²) in [6.45, 7) is 3.53. The lowest BCUT2D eigenvalue weighted by Gasteiger charge is -2.02. The van der Waals surface area contributed by atoms with E-state index in [9.17, 15) is 4.79 Å². The molecule has 0 radical (unpaired) electrons. The van der Waals surface area contributed by atoms with Gasteiger partial charge in [-0.15, -0.1) is 0 Å². The van der Waals surface area contributed by atoms with Crippen LogP contribution in [0.15, 0.2) is 16.5 Å². The standard InChI is InChI=1S/C14H14ClNO3/c1-2-18-14(17)13-9-7-16-6-5-8-10(15)3-4-11(19-13)12(8)9/h3-4,16H,2,5-7H2,1H3. The largest absolute Gasteiger partial charge is 0.460 e. The van der Waals surface area contributed by atoms with Crippen molar-refractivity contribution in [2.24, 2.45) is 0 Å². The van der Waals surface area contributed by atoms with Crippen LogP contribution in [0.25, 0.3) is 11.0 Å². The van der Waals surface area contributed by atoms with Crippen LogP contribution in [0.3, 0.4) is 0 Å².